The fourth-order valence-corrected chi connectivity index (χ4v) is 15.8. The van der Waals surface area contributed by atoms with Crippen LogP contribution in [0.4, 0.5) is 22.7 Å². The Hall–Kier alpha value is -4.64. The van der Waals surface area contributed by atoms with Gasteiger partial charge in [-0.3, -0.25) is 47.1 Å². The maximum atomic E-state index is 7.75. The minimum atomic E-state index is 0. The van der Waals surface area contributed by atoms with E-state index in [0.29, 0.717) is 0 Å². The summed E-state index contributed by atoms with van der Waals surface area (Å²) in [5, 5.41) is 29.1. The van der Waals surface area contributed by atoms with E-state index in [1.807, 2.05) is 97.6 Å². The van der Waals surface area contributed by atoms with Crippen LogP contribution in [0, 0.1) is 136 Å². The SMILES string of the molecule is CN(C)CC1CCCC1CNCCNc1ccnc2cc(Cl)ccc12.CN(C)CC1CCCC1CNCCNc1ccnc2cc(Cl)ccc12.CN(C)CC1CCCC1CNc1ccnc2cc(Cl)ccc12.CN(C)CC1CCCC1CNc1ccnc2cc(Cl)ccc12.O.O.O.O.O.O.O.O.[CH-]=O.[CH-]=O.[CH-]=O.[CH-]=O.[CH3-].[CH3-].[CH3-].[CH3-].[CH3-].[CH3-].[CH3-].[CH3-].[CH3-].[CH3-].[CH3-].[CH3-].[Mn].[Mn].[Re].[Re]. The van der Waals surface area contributed by atoms with Crippen LogP contribution in [0.1, 0.15) is 77.0 Å². The van der Waals surface area contributed by atoms with E-state index < -0.39 is 0 Å². The second-order valence-electron chi connectivity index (χ2n) is 28.0. The molecule has 4 fully saturated rings. The number of nitrogens with zero attached hydrogens (tertiary/aromatic N) is 8. The third-order valence-corrected chi connectivity index (χ3v) is 20.6. The van der Waals surface area contributed by atoms with Crippen molar-refractivity contribution in [1.29, 1.82) is 0 Å². The van der Waals surface area contributed by atoms with E-state index in [0.717, 1.165) is 186 Å². The molecule has 126 heavy (non-hydrogen) atoms. The van der Waals surface area contributed by atoms with Crippen molar-refractivity contribution in [2.24, 2.45) is 47.3 Å². The van der Waals surface area contributed by atoms with Gasteiger partial charge in [0, 0.05) is 230 Å². The molecular formula is C92H162Cl4Mn2N14O12Re2-16. The molecule has 0 spiro atoms. The summed E-state index contributed by atoms with van der Waals surface area (Å²) in [5.41, 5.74) is 8.34. The predicted molar refractivity (Wildman–Crippen MR) is 537 cm³/mol. The zero-order valence-corrected chi connectivity index (χ0v) is 89.5. The van der Waals surface area contributed by atoms with Crippen molar-refractivity contribution >= 4 is 140 Å². The van der Waals surface area contributed by atoms with Gasteiger partial charge in [-0.2, -0.15) is 0 Å². The molecular weight excluding hydrogens is 2120 g/mol. The first-order chi connectivity index (χ1) is 49.5. The van der Waals surface area contributed by atoms with Crippen molar-refractivity contribution < 1.29 is 138 Å². The van der Waals surface area contributed by atoms with Gasteiger partial charge in [-0.15, -0.1) is 0 Å². The monoisotopic (exact) mass is 2280 g/mol. The van der Waals surface area contributed by atoms with Gasteiger partial charge in [0.1, 0.15) is 0 Å². The van der Waals surface area contributed by atoms with Gasteiger partial charge in [0.2, 0.25) is 0 Å². The van der Waals surface area contributed by atoms with E-state index in [2.05, 4.69) is 179 Å². The van der Waals surface area contributed by atoms with Crippen LogP contribution in [0.5, 0.6) is 0 Å². The van der Waals surface area contributed by atoms with Crippen molar-refractivity contribution in [3.8, 4) is 0 Å². The summed E-state index contributed by atoms with van der Waals surface area (Å²) in [6, 6.07) is 31.7. The number of nitrogens with one attached hydrogen (secondary N) is 6. The van der Waals surface area contributed by atoms with E-state index in [1.165, 1.54) is 103 Å². The van der Waals surface area contributed by atoms with Crippen LogP contribution in [-0.2, 0) is 94.2 Å². The number of pyridine rings is 4. The molecule has 0 aliphatic heterocycles. The largest absolute Gasteiger partial charge is 0.545 e. The molecule has 744 valence electrons. The minimum absolute atomic E-state index is 0. The van der Waals surface area contributed by atoms with Gasteiger partial charge < -0.3 is 204 Å². The number of hydrogen-bond acceptors (Lipinski definition) is 18. The van der Waals surface area contributed by atoms with Gasteiger partial charge in [-0.1, -0.05) is 72.1 Å². The quantitative estimate of drug-likeness (QED) is 0.0127. The van der Waals surface area contributed by atoms with Gasteiger partial charge in [0.25, 0.3) is 0 Å². The van der Waals surface area contributed by atoms with Crippen LogP contribution in [0.25, 0.3) is 43.6 Å². The summed E-state index contributed by atoms with van der Waals surface area (Å²) >= 11 is 24.2. The number of carbonyl (C=O) groups excluding carboxylic acids is 4. The van der Waals surface area contributed by atoms with Crippen LogP contribution < -0.4 is 31.9 Å². The van der Waals surface area contributed by atoms with Gasteiger partial charge in [0.05, 0.1) is 22.1 Å². The summed E-state index contributed by atoms with van der Waals surface area (Å²) in [6.45, 7) is 25.9. The molecule has 4 aliphatic carbocycles. The Morgan fingerprint density at radius 1 is 0.286 bits per heavy atom. The second kappa shape index (κ2) is 96.4. The smallest absolute Gasteiger partial charge is 0.0737 e. The number of rotatable bonds is 26. The molecule has 8 aromatic rings. The molecule has 26 nitrogen and oxygen atoms in total. The van der Waals surface area contributed by atoms with Gasteiger partial charge >= 0.3 is 0 Å². The van der Waals surface area contributed by atoms with Gasteiger partial charge in [0.15, 0.2) is 0 Å². The molecule has 0 saturated heterocycles. The van der Waals surface area contributed by atoms with Crippen molar-refractivity contribution in [1.82, 2.24) is 50.2 Å². The molecule has 34 heteroatoms. The predicted octanol–water partition coefficient (Wildman–Crippen LogP) is 14.0. The summed E-state index contributed by atoms with van der Waals surface area (Å²) in [5.74, 6) is 6.50. The maximum absolute atomic E-state index is 7.75. The summed E-state index contributed by atoms with van der Waals surface area (Å²) in [7, 11) is 17.4. The molecule has 4 radical (unpaired) electrons. The Morgan fingerprint density at radius 3 is 0.667 bits per heavy atom. The van der Waals surface area contributed by atoms with Crippen molar-refractivity contribution in [3.63, 3.8) is 0 Å². The van der Waals surface area contributed by atoms with Gasteiger partial charge in [-0.05, 0) is 265 Å². The molecule has 4 aliphatic rings. The Morgan fingerprint density at radius 2 is 0.468 bits per heavy atom. The van der Waals surface area contributed by atoms with E-state index >= 15 is 0 Å². The van der Waals surface area contributed by atoms with Crippen LogP contribution >= 0.6 is 46.4 Å². The molecule has 8 unspecified atom stereocenters. The number of aromatic nitrogens is 4. The average Bonchev–Trinajstić information content (AvgIpc) is 0.982. The first kappa shape index (κ1) is 171. The molecule has 22 N–H and O–H groups in total. The van der Waals surface area contributed by atoms with Crippen molar-refractivity contribution in [2.45, 2.75) is 77.0 Å². The molecule has 0 amide bonds. The topological polar surface area (TPSA) is 457 Å². The fourth-order valence-electron chi connectivity index (χ4n) is 15.1. The molecule has 4 aromatic carbocycles. The van der Waals surface area contributed by atoms with Crippen molar-refractivity contribution in [2.75, 3.05) is 156 Å². The zero-order chi connectivity index (χ0) is 74.3. The molecule has 4 saturated carbocycles. The van der Waals surface area contributed by atoms with E-state index in [-0.39, 0.29) is 208 Å². The number of fused-ring (bicyclic) bond motifs is 4. The second-order valence-corrected chi connectivity index (χ2v) is 29.7. The third-order valence-electron chi connectivity index (χ3n) is 19.6. The van der Waals surface area contributed by atoms with E-state index in [1.54, 1.807) is 0 Å². The normalized spacial score (nSPS) is 15.8. The molecule has 4 aromatic heterocycles. The Bertz CT molecular complexity index is 3510. The first-order valence-electron chi connectivity index (χ1n) is 35.6. The van der Waals surface area contributed by atoms with Crippen LogP contribution in [0.3, 0.4) is 0 Å². The molecule has 12 rings (SSSR count). The zero-order valence-electron chi connectivity index (χ0n) is 78.7. The number of benzene rings is 4. The van der Waals surface area contributed by atoms with E-state index in [4.69, 9.17) is 65.6 Å². The number of halogens is 4. The van der Waals surface area contributed by atoms with E-state index in [9.17, 15) is 0 Å². The number of hydrogen-bond donors (Lipinski definition) is 6. The third kappa shape index (κ3) is 58.3. The summed E-state index contributed by atoms with van der Waals surface area (Å²) in [4.78, 5) is 57.9. The summed E-state index contributed by atoms with van der Waals surface area (Å²) < 4.78 is 0. The van der Waals surface area contributed by atoms with Crippen LogP contribution in [-0.4, -0.2) is 245 Å². The van der Waals surface area contributed by atoms with Gasteiger partial charge in [-0.25, -0.2) is 0 Å². The Balaban J connectivity index is -0.0000000606. The Labute approximate surface area is 833 Å². The Kier molecular flexibility index (Phi) is 131. The van der Waals surface area contributed by atoms with Crippen molar-refractivity contribution in [3.05, 3.63) is 231 Å². The maximum Gasteiger partial charge on any atom is 0.0737 e. The minimum Gasteiger partial charge on any atom is -0.545 e. The molecule has 0 bridgehead atoms. The fraction of sp³-hybridized carbons (Fsp3) is 0.435. The number of anilines is 4. The standard InChI is InChI=1S/2C20H29ClN4.2C18H24ClN3.4CHO.12CH3.2Mn.8H2O.2Re/c2*1-25(2)14-16-5-3-4-15(16)13-22-10-11-24-19-8-9-23-20-12-17(21)6-7-18(19)20;2*1-22(2)12-14-5-3-4-13(14)11-21-17-8-9-20-18-10-15(19)6-7-16(17)18;4*1-2;;;;;;;;;;;;;;;;;;;;;;;;/h2*6-9,12,15-16,22H,3-5,10-11,13-14H2,1-2H3,(H,23,24);2*6-10,13-14H,3-5,11-12H2,1-2H3,(H,20,21);4*1H;12*1H3;;;8*1H2;;/q;;;;16*-1;;;;;;;;;;;;. The molecule has 4 heterocycles. The van der Waals surface area contributed by atoms with Crippen LogP contribution in [0.2, 0.25) is 20.1 Å². The molecule has 8 atom stereocenters. The van der Waals surface area contributed by atoms with Crippen LogP contribution in [0.15, 0.2) is 122 Å². The first-order valence-corrected chi connectivity index (χ1v) is 37.1. The summed E-state index contributed by atoms with van der Waals surface area (Å²) in [6.07, 6.45) is 23.7. The average molecular weight is 2280 g/mol.